The fraction of sp³-hybridized carbons (Fsp3) is 0.211. The number of rotatable bonds is 6. The first kappa shape index (κ1) is 20.3. The lowest BCUT2D eigenvalue weighted by Crippen LogP contribution is -2.41. The Morgan fingerprint density at radius 3 is 2.48 bits per heavy atom. The van der Waals surface area contributed by atoms with Crippen molar-refractivity contribution in [3.8, 4) is 5.75 Å². The molecule has 0 bridgehead atoms. The van der Waals surface area contributed by atoms with Gasteiger partial charge in [-0.2, -0.15) is 0 Å². The van der Waals surface area contributed by atoms with E-state index >= 15 is 0 Å². The van der Waals surface area contributed by atoms with Crippen molar-refractivity contribution in [3.05, 3.63) is 64.7 Å². The lowest BCUT2D eigenvalue weighted by atomic mass is 10.1. The van der Waals surface area contributed by atoms with Crippen LogP contribution in [-0.2, 0) is 14.3 Å². The number of urea groups is 1. The predicted molar refractivity (Wildman–Crippen MR) is 99.6 cm³/mol. The average molecular weight is 391 g/mol. The minimum atomic E-state index is -1.30. The second kappa shape index (κ2) is 9.59. The van der Waals surface area contributed by atoms with Crippen LogP contribution in [0.1, 0.15) is 17.2 Å². The molecule has 142 valence electrons. The summed E-state index contributed by atoms with van der Waals surface area (Å²) in [7, 11) is 1.37. The summed E-state index contributed by atoms with van der Waals surface area (Å²) in [6.45, 7) is 1.41. The standard InChI is InChI=1S/C19H19ClN2O5/c1-12-8-9-14(20)15(10-12)26-11-16(23)27-17(13-6-4-3-5-7-13)18(24)22-19(25)21-2/h3-10,17H,11H2,1-2H3,(H2,21,22,24,25)/t17-/m0/s1. The van der Waals surface area contributed by atoms with Crippen molar-refractivity contribution < 1.29 is 23.9 Å². The molecule has 0 fully saturated rings. The first-order valence-electron chi connectivity index (χ1n) is 8.06. The number of carbonyl (C=O) groups excluding carboxylic acids is 3. The minimum absolute atomic E-state index is 0.333. The van der Waals surface area contributed by atoms with E-state index in [9.17, 15) is 14.4 Å². The number of aryl methyl sites for hydroxylation is 1. The number of nitrogens with one attached hydrogen (secondary N) is 2. The van der Waals surface area contributed by atoms with E-state index in [1.807, 2.05) is 13.0 Å². The number of ether oxygens (including phenoxy) is 2. The molecule has 2 aromatic carbocycles. The lowest BCUT2D eigenvalue weighted by molar-refractivity contribution is -0.158. The summed E-state index contributed by atoms with van der Waals surface area (Å²) >= 11 is 6.02. The zero-order valence-corrected chi connectivity index (χ0v) is 15.6. The van der Waals surface area contributed by atoms with E-state index in [4.69, 9.17) is 21.1 Å². The summed E-state index contributed by atoms with van der Waals surface area (Å²) in [4.78, 5) is 35.9. The van der Waals surface area contributed by atoms with E-state index < -0.39 is 30.6 Å². The fourth-order valence-electron chi connectivity index (χ4n) is 2.16. The van der Waals surface area contributed by atoms with Crippen molar-refractivity contribution >= 4 is 29.5 Å². The van der Waals surface area contributed by atoms with E-state index in [-0.39, 0.29) is 0 Å². The largest absolute Gasteiger partial charge is 0.480 e. The van der Waals surface area contributed by atoms with Crippen molar-refractivity contribution in [2.45, 2.75) is 13.0 Å². The van der Waals surface area contributed by atoms with Gasteiger partial charge in [0.15, 0.2) is 6.61 Å². The molecule has 3 amide bonds. The monoisotopic (exact) mass is 390 g/mol. The van der Waals surface area contributed by atoms with Gasteiger partial charge in [0.05, 0.1) is 5.02 Å². The molecule has 27 heavy (non-hydrogen) atoms. The van der Waals surface area contributed by atoms with E-state index in [1.54, 1.807) is 42.5 Å². The van der Waals surface area contributed by atoms with Gasteiger partial charge in [0.2, 0.25) is 6.10 Å². The summed E-state index contributed by atoms with van der Waals surface area (Å²) in [5.41, 5.74) is 1.33. The van der Waals surface area contributed by atoms with Crippen LogP contribution >= 0.6 is 11.6 Å². The van der Waals surface area contributed by atoms with Gasteiger partial charge in [0.1, 0.15) is 5.75 Å². The molecule has 0 saturated carbocycles. The van der Waals surface area contributed by atoms with Gasteiger partial charge >= 0.3 is 12.0 Å². The number of carbonyl (C=O) groups is 3. The number of amides is 3. The van der Waals surface area contributed by atoms with Crippen molar-refractivity contribution in [3.63, 3.8) is 0 Å². The van der Waals surface area contributed by atoms with Gasteiger partial charge in [0.25, 0.3) is 5.91 Å². The Morgan fingerprint density at radius 2 is 1.81 bits per heavy atom. The highest BCUT2D eigenvalue weighted by Crippen LogP contribution is 2.25. The van der Waals surface area contributed by atoms with Crippen LogP contribution in [0.5, 0.6) is 5.75 Å². The average Bonchev–Trinajstić information content (AvgIpc) is 2.67. The van der Waals surface area contributed by atoms with Crippen LogP contribution in [-0.4, -0.2) is 31.6 Å². The molecule has 0 spiro atoms. The predicted octanol–water partition coefficient (Wildman–Crippen LogP) is 2.77. The van der Waals surface area contributed by atoms with Gasteiger partial charge in [-0.1, -0.05) is 48.0 Å². The Kier molecular flexibility index (Phi) is 7.19. The summed E-state index contributed by atoms with van der Waals surface area (Å²) in [5.74, 6) is -1.23. The van der Waals surface area contributed by atoms with Crippen molar-refractivity contribution in [1.29, 1.82) is 0 Å². The number of esters is 1. The van der Waals surface area contributed by atoms with Crippen LogP contribution in [0.25, 0.3) is 0 Å². The Morgan fingerprint density at radius 1 is 1.11 bits per heavy atom. The van der Waals surface area contributed by atoms with E-state index in [2.05, 4.69) is 10.6 Å². The molecule has 0 saturated heterocycles. The van der Waals surface area contributed by atoms with Gasteiger partial charge in [-0.15, -0.1) is 0 Å². The topological polar surface area (TPSA) is 93.7 Å². The Hall–Kier alpha value is -3.06. The normalized spacial score (nSPS) is 11.2. The molecule has 2 rings (SSSR count). The summed E-state index contributed by atoms with van der Waals surface area (Å²) in [6.07, 6.45) is -1.30. The van der Waals surface area contributed by atoms with Crippen LogP contribution < -0.4 is 15.4 Å². The third kappa shape index (κ3) is 6.00. The maximum absolute atomic E-state index is 12.3. The third-order valence-corrected chi connectivity index (χ3v) is 3.80. The second-order valence-electron chi connectivity index (χ2n) is 5.57. The highest BCUT2D eigenvalue weighted by Gasteiger charge is 2.26. The number of imide groups is 1. The summed E-state index contributed by atoms with van der Waals surface area (Å²) in [6, 6.07) is 12.8. The second-order valence-corrected chi connectivity index (χ2v) is 5.98. The molecular weight excluding hydrogens is 372 g/mol. The maximum atomic E-state index is 12.3. The van der Waals surface area contributed by atoms with Crippen LogP contribution in [0.4, 0.5) is 4.79 Å². The van der Waals surface area contributed by atoms with Gasteiger partial charge < -0.3 is 14.8 Å². The number of hydrogen-bond acceptors (Lipinski definition) is 5. The smallest absolute Gasteiger partial charge is 0.345 e. The molecular formula is C19H19ClN2O5. The quantitative estimate of drug-likeness (QED) is 0.740. The molecule has 0 aliphatic rings. The van der Waals surface area contributed by atoms with E-state index in [1.165, 1.54) is 7.05 Å². The summed E-state index contributed by atoms with van der Waals surface area (Å²) < 4.78 is 10.6. The molecule has 0 radical (unpaired) electrons. The minimum Gasteiger partial charge on any atom is -0.480 e. The van der Waals surface area contributed by atoms with Gasteiger partial charge in [0, 0.05) is 12.6 Å². The molecule has 0 aromatic heterocycles. The Balaban J connectivity index is 2.07. The van der Waals surface area contributed by atoms with Crippen LogP contribution in [0, 0.1) is 6.92 Å². The van der Waals surface area contributed by atoms with Crippen LogP contribution in [0.2, 0.25) is 5.02 Å². The van der Waals surface area contributed by atoms with Crippen molar-refractivity contribution in [2.24, 2.45) is 0 Å². The highest BCUT2D eigenvalue weighted by atomic mass is 35.5. The third-order valence-electron chi connectivity index (χ3n) is 3.49. The number of benzene rings is 2. The van der Waals surface area contributed by atoms with E-state index in [0.717, 1.165) is 5.56 Å². The Bertz CT molecular complexity index is 826. The number of halogens is 1. The summed E-state index contributed by atoms with van der Waals surface area (Å²) in [5, 5.41) is 4.71. The number of hydrogen-bond donors (Lipinski definition) is 2. The fourth-order valence-corrected chi connectivity index (χ4v) is 2.34. The molecule has 2 N–H and O–H groups in total. The molecule has 0 unspecified atom stereocenters. The SMILES string of the molecule is CNC(=O)NC(=O)[C@@H](OC(=O)COc1cc(C)ccc1Cl)c1ccccc1. The first-order chi connectivity index (χ1) is 12.9. The molecule has 7 nitrogen and oxygen atoms in total. The molecule has 2 aromatic rings. The molecule has 0 aliphatic carbocycles. The van der Waals surface area contributed by atoms with Gasteiger partial charge in [-0.05, 0) is 24.6 Å². The highest BCUT2D eigenvalue weighted by molar-refractivity contribution is 6.32. The zero-order valence-electron chi connectivity index (χ0n) is 14.8. The van der Waals surface area contributed by atoms with Crippen molar-refractivity contribution in [1.82, 2.24) is 10.6 Å². The van der Waals surface area contributed by atoms with Gasteiger partial charge in [-0.3, -0.25) is 10.1 Å². The van der Waals surface area contributed by atoms with E-state index in [0.29, 0.717) is 16.3 Å². The van der Waals surface area contributed by atoms with Crippen LogP contribution in [0.15, 0.2) is 48.5 Å². The Labute approximate surface area is 161 Å². The lowest BCUT2D eigenvalue weighted by Gasteiger charge is -2.18. The van der Waals surface area contributed by atoms with Gasteiger partial charge in [-0.25, -0.2) is 9.59 Å². The van der Waals surface area contributed by atoms with Crippen LogP contribution in [0.3, 0.4) is 0 Å². The first-order valence-corrected chi connectivity index (χ1v) is 8.44. The zero-order chi connectivity index (χ0) is 19.8. The van der Waals surface area contributed by atoms with Crippen molar-refractivity contribution in [2.75, 3.05) is 13.7 Å². The molecule has 0 heterocycles. The molecule has 1 atom stereocenters. The molecule has 8 heteroatoms. The maximum Gasteiger partial charge on any atom is 0.345 e. The molecule has 0 aliphatic heterocycles.